The van der Waals surface area contributed by atoms with Crippen LogP contribution in [0.2, 0.25) is 0 Å². The molecule has 0 aliphatic rings. The van der Waals surface area contributed by atoms with Crippen LogP contribution >= 0.6 is 0 Å². The minimum atomic E-state index is -3.72. The highest BCUT2D eigenvalue weighted by Gasteiger charge is 2.29. The Labute approximate surface area is 190 Å². The van der Waals surface area contributed by atoms with Gasteiger partial charge in [-0.05, 0) is 43.2 Å². The molecule has 8 nitrogen and oxygen atoms in total. The molecule has 0 aliphatic carbocycles. The number of methoxy groups -OCH3 is 1. The van der Waals surface area contributed by atoms with Gasteiger partial charge in [0.15, 0.2) is 0 Å². The lowest BCUT2D eigenvalue weighted by molar-refractivity contribution is -0.139. The molecule has 2 amide bonds. The van der Waals surface area contributed by atoms with Gasteiger partial charge in [0.25, 0.3) is 0 Å². The highest BCUT2D eigenvalue weighted by Crippen LogP contribution is 2.20. The number of ether oxygens (including phenoxy) is 1. The summed E-state index contributed by atoms with van der Waals surface area (Å²) in [6.45, 7) is 3.77. The molecule has 2 aromatic rings. The van der Waals surface area contributed by atoms with Gasteiger partial charge in [0.05, 0.1) is 19.1 Å². The van der Waals surface area contributed by atoms with Gasteiger partial charge < -0.3 is 15.0 Å². The molecule has 0 radical (unpaired) electrons. The highest BCUT2D eigenvalue weighted by atomic mass is 32.2. The van der Waals surface area contributed by atoms with Crippen molar-refractivity contribution in [1.29, 1.82) is 0 Å². The van der Waals surface area contributed by atoms with Crippen LogP contribution in [0.5, 0.6) is 5.75 Å². The third kappa shape index (κ3) is 6.98. The summed E-state index contributed by atoms with van der Waals surface area (Å²) in [5, 5.41) is 2.80. The van der Waals surface area contributed by atoms with Crippen LogP contribution in [0.4, 0.5) is 5.69 Å². The summed E-state index contributed by atoms with van der Waals surface area (Å²) in [6, 6.07) is 14.8. The molecule has 2 rings (SSSR count). The van der Waals surface area contributed by atoms with Gasteiger partial charge in [0, 0.05) is 13.1 Å². The summed E-state index contributed by atoms with van der Waals surface area (Å²) >= 11 is 0. The Hall–Kier alpha value is -3.07. The average Bonchev–Trinajstić information content (AvgIpc) is 2.78. The fourth-order valence-electron chi connectivity index (χ4n) is 3.15. The summed E-state index contributed by atoms with van der Waals surface area (Å²) in [5.74, 6) is -0.157. The maximum atomic E-state index is 13.4. The number of rotatable bonds is 11. The minimum Gasteiger partial charge on any atom is -0.497 e. The van der Waals surface area contributed by atoms with Crippen molar-refractivity contribution >= 4 is 27.5 Å². The van der Waals surface area contributed by atoms with Crippen molar-refractivity contribution in [3.8, 4) is 5.75 Å². The Morgan fingerprint density at radius 1 is 1.09 bits per heavy atom. The number of hydrogen-bond acceptors (Lipinski definition) is 5. The van der Waals surface area contributed by atoms with Gasteiger partial charge in [-0.3, -0.25) is 13.9 Å². The first kappa shape index (κ1) is 25.2. The molecule has 0 spiro atoms. The molecule has 0 aliphatic heterocycles. The number of benzene rings is 2. The zero-order chi connectivity index (χ0) is 23.7. The molecule has 0 bridgehead atoms. The van der Waals surface area contributed by atoms with Crippen LogP contribution in [0.3, 0.4) is 0 Å². The third-order valence-corrected chi connectivity index (χ3v) is 6.07. The summed E-state index contributed by atoms with van der Waals surface area (Å²) in [6.07, 6.45) is 1.81. The van der Waals surface area contributed by atoms with E-state index in [9.17, 15) is 18.0 Å². The van der Waals surface area contributed by atoms with Crippen molar-refractivity contribution in [2.24, 2.45) is 0 Å². The second kappa shape index (κ2) is 11.5. The van der Waals surface area contributed by atoms with Crippen molar-refractivity contribution < 1.29 is 22.7 Å². The lowest BCUT2D eigenvalue weighted by Gasteiger charge is -2.31. The zero-order valence-corrected chi connectivity index (χ0v) is 19.8. The smallest absolute Gasteiger partial charge is 0.244 e. The number of carbonyl (C=O) groups excluding carboxylic acids is 2. The van der Waals surface area contributed by atoms with Crippen LogP contribution in [-0.2, 0) is 26.2 Å². The average molecular weight is 462 g/mol. The predicted molar refractivity (Wildman–Crippen MR) is 125 cm³/mol. The Morgan fingerprint density at radius 3 is 2.38 bits per heavy atom. The number of hydrogen-bond donors (Lipinski definition) is 1. The van der Waals surface area contributed by atoms with Crippen LogP contribution in [-0.4, -0.2) is 57.6 Å². The zero-order valence-electron chi connectivity index (χ0n) is 18.9. The van der Waals surface area contributed by atoms with Crippen molar-refractivity contribution in [1.82, 2.24) is 10.2 Å². The van der Waals surface area contributed by atoms with Crippen molar-refractivity contribution in [2.45, 2.75) is 32.9 Å². The van der Waals surface area contributed by atoms with E-state index in [4.69, 9.17) is 4.74 Å². The third-order valence-electron chi connectivity index (χ3n) is 4.93. The first-order valence-electron chi connectivity index (χ1n) is 10.4. The fourth-order valence-corrected chi connectivity index (χ4v) is 4.00. The van der Waals surface area contributed by atoms with Crippen molar-refractivity contribution in [3.05, 3.63) is 60.2 Å². The number of nitrogens with one attached hydrogen (secondary N) is 1. The van der Waals surface area contributed by atoms with E-state index in [1.54, 1.807) is 62.6 Å². The SMILES string of the molecule is CCCNC(=O)C(C)N(Cc1cccc(OC)c1)C(=O)CN(c1ccccc1)S(C)(=O)=O. The summed E-state index contributed by atoms with van der Waals surface area (Å²) in [7, 11) is -2.18. The van der Waals surface area contributed by atoms with Crippen LogP contribution in [0.1, 0.15) is 25.8 Å². The number of para-hydroxylation sites is 1. The van der Waals surface area contributed by atoms with E-state index in [0.29, 0.717) is 18.0 Å². The number of carbonyl (C=O) groups is 2. The standard InChI is InChI=1S/C23H31N3O5S/c1-5-14-24-23(28)18(2)25(16-19-10-9-13-21(15-19)31-3)22(27)17-26(32(4,29)30)20-11-7-6-8-12-20/h6-13,15,18H,5,14,16-17H2,1-4H3,(H,24,28). The van der Waals surface area contributed by atoms with Crippen LogP contribution in [0, 0.1) is 0 Å². The second-order valence-electron chi connectivity index (χ2n) is 7.45. The normalized spacial score (nSPS) is 12.0. The number of anilines is 1. The van der Waals surface area contributed by atoms with E-state index >= 15 is 0 Å². The monoisotopic (exact) mass is 461 g/mol. The molecule has 174 valence electrons. The lowest BCUT2D eigenvalue weighted by atomic mass is 10.1. The number of sulfonamides is 1. The maximum absolute atomic E-state index is 13.4. The Morgan fingerprint density at radius 2 is 1.78 bits per heavy atom. The summed E-state index contributed by atoms with van der Waals surface area (Å²) in [4.78, 5) is 27.4. The van der Waals surface area contributed by atoms with E-state index in [2.05, 4.69) is 5.32 Å². The van der Waals surface area contributed by atoms with Crippen LogP contribution < -0.4 is 14.4 Å². The van der Waals surface area contributed by atoms with Crippen molar-refractivity contribution in [2.75, 3.05) is 30.8 Å². The van der Waals surface area contributed by atoms with Crippen LogP contribution in [0.15, 0.2) is 54.6 Å². The van der Waals surface area contributed by atoms with Crippen LogP contribution in [0.25, 0.3) is 0 Å². The van der Waals surface area contributed by atoms with Crippen molar-refractivity contribution in [3.63, 3.8) is 0 Å². The Balaban J connectivity index is 2.35. The molecule has 0 heterocycles. The van der Waals surface area contributed by atoms with Gasteiger partial charge in [0.2, 0.25) is 21.8 Å². The quantitative estimate of drug-likeness (QED) is 0.554. The molecule has 2 aromatic carbocycles. The van der Waals surface area contributed by atoms with E-state index in [1.807, 2.05) is 13.0 Å². The van der Waals surface area contributed by atoms with Gasteiger partial charge in [0.1, 0.15) is 18.3 Å². The Kier molecular flexibility index (Phi) is 9.07. The first-order chi connectivity index (χ1) is 15.2. The van der Waals surface area contributed by atoms with Gasteiger partial charge in [-0.25, -0.2) is 8.42 Å². The number of amides is 2. The molecule has 0 fully saturated rings. The van der Waals surface area contributed by atoms with E-state index < -0.39 is 28.5 Å². The van der Waals surface area contributed by atoms with Gasteiger partial charge >= 0.3 is 0 Å². The molecular weight excluding hydrogens is 430 g/mol. The fraction of sp³-hybridized carbons (Fsp3) is 0.391. The maximum Gasteiger partial charge on any atom is 0.244 e. The topological polar surface area (TPSA) is 96.0 Å². The van der Waals surface area contributed by atoms with Gasteiger partial charge in [-0.1, -0.05) is 37.3 Å². The van der Waals surface area contributed by atoms with E-state index in [1.165, 1.54) is 4.90 Å². The molecule has 0 saturated carbocycles. The highest BCUT2D eigenvalue weighted by molar-refractivity contribution is 7.92. The lowest BCUT2D eigenvalue weighted by Crippen LogP contribution is -2.51. The van der Waals surface area contributed by atoms with Gasteiger partial charge in [-0.15, -0.1) is 0 Å². The Bertz CT molecular complexity index is 1010. The second-order valence-corrected chi connectivity index (χ2v) is 9.35. The summed E-state index contributed by atoms with van der Waals surface area (Å²) < 4.78 is 31.2. The molecule has 32 heavy (non-hydrogen) atoms. The largest absolute Gasteiger partial charge is 0.497 e. The molecule has 1 N–H and O–H groups in total. The number of nitrogens with zero attached hydrogens (tertiary/aromatic N) is 2. The summed E-state index contributed by atoms with van der Waals surface area (Å²) in [5.41, 5.74) is 1.14. The molecule has 0 aromatic heterocycles. The molecule has 0 saturated heterocycles. The minimum absolute atomic E-state index is 0.128. The molecule has 1 unspecified atom stereocenters. The molecule has 9 heteroatoms. The van der Waals surface area contributed by atoms with E-state index in [0.717, 1.165) is 22.5 Å². The van der Waals surface area contributed by atoms with E-state index in [-0.39, 0.29) is 12.5 Å². The first-order valence-corrected chi connectivity index (χ1v) is 12.2. The molecule has 1 atom stereocenters. The molecular formula is C23H31N3O5S. The van der Waals surface area contributed by atoms with Gasteiger partial charge in [-0.2, -0.15) is 0 Å². The predicted octanol–water partition coefficient (Wildman–Crippen LogP) is 2.40.